The Morgan fingerprint density at radius 1 is 1.75 bits per heavy atom. The molecule has 0 aromatic rings. The Bertz CT molecular complexity index is 6.00. The van der Waals surface area contributed by atoms with Gasteiger partial charge in [0.25, 0.3) is 0 Å². The zero-order chi connectivity index (χ0) is 2.71. The van der Waals surface area contributed by atoms with Gasteiger partial charge in [-0.2, -0.15) is 0 Å². The van der Waals surface area contributed by atoms with E-state index in [2.05, 4.69) is 13.0 Å². The van der Waals surface area contributed by atoms with Gasteiger partial charge in [-0.3, -0.25) is 0 Å². The van der Waals surface area contributed by atoms with Crippen LogP contribution < -0.4 is 0 Å². The van der Waals surface area contributed by atoms with E-state index < -0.39 is 0 Å². The molecular weight excluding hydrogens is 59.0 g/mol. The zero-order valence-electron chi connectivity index (χ0n) is 2.58. The third-order valence-corrected chi connectivity index (χ3v) is 0. The van der Waals surface area contributed by atoms with Crippen molar-refractivity contribution in [1.29, 1.82) is 0 Å². The maximum absolute atomic E-state index is 2.14. The van der Waals surface area contributed by atoms with Crippen molar-refractivity contribution in [3.63, 3.8) is 0 Å². The van der Waals surface area contributed by atoms with Crippen LogP contribution in [0.15, 0.2) is 0 Å². The molecule has 0 atom stereocenters. The van der Waals surface area contributed by atoms with Crippen LogP contribution in [0, 0.1) is 6.04 Å². The van der Waals surface area contributed by atoms with Crippen molar-refractivity contribution < 1.29 is 0 Å². The van der Waals surface area contributed by atoms with Crippen molar-refractivity contribution in [1.82, 2.24) is 0 Å². The first-order chi connectivity index (χ1) is 1.41. The van der Waals surface area contributed by atoms with Crippen molar-refractivity contribution in [2.75, 3.05) is 0 Å². The molecule has 21 valence electrons. The van der Waals surface area contributed by atoms with E-state index in [1.54, 1.807) is 0 Å². The van der Waals surface area contributed by atoms with Gasteiger partial charge in [0.1, 0.15) is 0 Å². The van der Waals surface area contributed by atoms with Crippen LogP contribution in [-0.2, 0) is 0 Å². The van der Waals surface area contributed by atoms with Gasteiger partial charge in [-0.15, -0.1) is 0 Å². The van der Waals surface area contributed by atoms with Gasteiger partial charge in [0.05, 0.1) is 0 Å². The van der Waals surface area contributed by atoms with Crippen LogP contribution in [0.5, 0.6) is 0 Å². The van der Waals surface area contributed by atoms with E-state index in [-0.39, 0.29) is 18.9 Å². The minimum absolute atomic E-state index is 0. The van der Waals surface area contributed by atoms with Crippen molar-refractivity contribution >= 4 is 29.1 Å². The molecule has 0 aliphatic carbocycles. The van der Waals surface area contributed by atoms with Gasteiger partial charge < -0.3 is 0 Å². The molecule has 0 N–H and O–H groups in total. The summed E-state index contributed by atoms with van der Waals surface area (Å²) in [5.41, 5.74) is 0. The molecule has 0 saturated carbocycles. The average molecular weight is 67.1 g/mol. The second-order valence-corrected chi connectivity index (χ2v) is 1.73. The van der Waals surface area contributed by atoms with E-state index in [4.69, 9.17) is 0 Å². The monoisotopic (exact) mass is 67.1 g/mol. The predicted octanol–water partition coefficient (Wildman–Crippen LogP) is -1.12. The van der Waals surface area contributed by atoms with Crippen LogP contribution in [0.1, 0.15) is 6.92 Å². The van der Waals surface area contributed by atoms with Crippen molar-refractivity contribution in [2.45, 2.75) is 6.92 Å². The van der Waals surface area contributed by atoms with Crippen LogP contribution in [0.25, 0.3) is 0 Å². The van der Waals surface area contributed by atoms with Gasteiger partial charge in [0.15, 0.2) is 0 Å². The van der Waals surface area contributed by atoms with Gasteiger partial charge in [-0.1, -0.05) is 13.0 Å². The molecule has 0 rings (SSSR count). The van der Waals surface area contributed by atoms with E-state index in [0.717, 1.165) is 0 Å². The Balaban J connectivity index is 0. The number of hydrogen-bond donors (Lipinski definition) is 0. The summed E-state index contributed by atoms with van der Waals surface area (Å²) in [7, 11) is 1.24. The maximum atomic E-state index is 2.14. The molecule has 0 nitrogen and oxygen atoms in total. The molecule has 0 aliphatic rings. The minimum atomic E-state index is 0. The second-order valence-electron chi connectivity index (χ2n) is 0.577. The van der Waals surface area contributed by atoms with Gasteiger partial charge in [-0.05, 0) is 0 Å². The number of hydrogen-bond acceptors (Lipinski definition) is 0. The topological polar surface area (TPSA) is 0 Å². The fraction of sp³-hybridized carbons (Fsp3) is 0.500. The summed E-state index contributed by atoms with van der Waals surface area (Å²) in [5.74, 6) is 0. The van der Waals surface area contributed by atoms with Crippen LogP contribution >= 0.6 is 0 Å². The Labute approximate surface area is 42.6 Å². The Hall–Kier alpha value is 0.814. The van der Waals surface area contributed by atoms with E-state index in [0.29, 0.717) is 0 Å². The summed E-state index contributed by atoms with van der Waals surface area (Å²) in [6.07, 6.45) is 0. The molecule has 0 bridgehead atoms. The summed E-state index contributed by atoms with van der Waals surface area (Å²) >= 11 is 0. The van der Waals surface area contributed by atoms with Crippen molar-refractivity contribution in [3.05, 3.63) is 6.04 Å². The van der Waals surface area contributed by atoms with E-state index in [9.17, 15) is 0 Å². The van der Waals surface area contributed by atoms with Gasteiger partial charge >= 0.3 is 18.9 Å². The van der Waals surface area contributed by atoms with Crippen LogP contribution in [0.4, 0.5) is 0 Å². The van der Waals surface area contributed by atoms with E-state index in [1.807, 2.05) is 0 Å². The van der Waals surface area contributed by atoms with Crippen LogP contribution in [0.2, 0.25) is 0 Å². The molecule has 0 aromatic carbocycles. The molecule has 0 amide bonds. The summed E-state index contributed by atoms with van der Waals surface area (Å²) in [5, 5.41) is 0. The summed E-state index contributed by atoms with van der Waals surface area (Å²) in [4.78, 5) is 0. The van der Waals surface area contributed by atoms with E-state index in [1.165, 1.54) is 10.2 Å². The Morgan fingerprint density at radius 3 is 1.75 bits per heavy atom. The van der Waals surface area contributed by atoms with Crippen molar-refractivity contribution in [2.24, 2.45) is 0 Å². The molecule has 0 aromatic heterocycles. The summed E-state index contributed by atoms with van der Waals surface area (Å²) < 4.78 is 0. The summed E-state index contributed by atoms with van der Waals surface area (Å²) in [6.45, 7) is 2.06. The molecule has 0 saturated heterocycles. The molecule has 0 unspecified atom stereocenters. The van der Waals surface area contributed by atoms with Crippen LogP contribution in [0.3, 0.4) is 0 Å². The molecule has 0 fully saturated rings. The second kappa shape index (κ2) is 9.18. The Kier molecular flexibility index (Phi) is 20.3. The average Bonchev–Trinajstić information content (AvgIpc) is 0.918. The third-order valence-electron chi connectivity index (χ3n) is 0. The molecule has 0 heterocycles. The fourth-order valence-electron chi connectivity index (χ4n) is 0. The van der Waals surface area contributed by atoms with Crippen molar-refractivity contribution in [3.8, 4) is 0 Å². The first-order valence-electron chi connectivity index (χ1n) is 1.15. The molecule has 2 heteroatoms. The first kappa shape index (κ1) is 8.84. The first-order valence-corrected chi connectivity index (χ1v) is 2.31. The Morgan fingerprint density at radius 2 is 1.75 bits per heavy atom. The van der Waals surface area contributed by atoms with Crippen LogP contribution in [-0.4, -0.2) is 29.1 Å². The van der Waals surface area contributed by atoms with Gasteiger partial charge in [0.2, 0.25) is 0 Å². The van der Waals surface area contributed by atoms with E-state index >= 15 is 0 Å². The normalized spacial score (nSPS) is 5.25. The fourth-order valence-corrected chi connectivity index (χ4v) is 0. The zero-order valence-corrected chi connectivity index (χ0v) is 4.58. The quantitative estimate of drug-likeness (QED) is 0.315. The molecule has 4 heavy (non-hydrogen) atoms. The van der Waals surface area contributed by atoms with Gasteiger partial charge in [-0.25, -0.2) is 0 Å². The summed E-state index contributed by atoms with van der Waals surface area (Å²) in [6, 6.07) is 2.14. The molecule has 0 spiro atoms. The predicted molar refractivity (Wildman–Crippen MR) is 27.1 cm³/mol. The van der Waals surface area contributed by atoms with Gasteiger partial charge in [0, 0.05) is 10.2 Å². The third kappa shape index (κ3) is 14.0. The standard InChI is InChI=1S/C2H7Si.Li.H/c1-2-3;;/h2H,1,3H3;;. The SMILES string of the molecule is C[CH][SiH3].[LiH]. The molecular formula is C2H8LiSi. The number of rotatable bonds is 0. The molecule has 1 radical (unpaired) electrons. The molecule has 0 aliphatic heterocycles.